The molecule has 0 saturated carbocycles. The molecule has 0 unspecified atom stereocenters. The number of Topliss-reactive ketones (excluding diaryl/α,β-unsaturated/α-hetero) is 1. The number of thioether (sulfide) groups is 1. The Morgan fingerprint density at radius 3 is 2.66 bits per heavy atom. The smallest absolute Gasteiger partial charge is 0.339 e. The van der Waals surface area contributed by atoms with E-state index in [9.17, 15) is 9.59 Å². The third kappa shape index (κ3) is 4.86. The first-order chi connectivity index (χ1) is 13.9. The fraction of sp³-hybridized carbons (Fsp3) is 0.300. The van der Waals surface area contributed by atoms with E-state index in [1.165, 1.54) is 30.2 Å². The van der Waals surface area contributed by atoms with E-state index >= 15 is 0 Å². The molecule has 29 heavy (non-hydrogen) atoms. The Balaban J connectivity index is 1.65. The number of methoxy groups -OCH3 is 1. The molecule has 7 nitrogen and oxygen atoms in total. The van der Waals surface area contributed by atoms with Crippen molar-refractivity contribution in [3.8, 4) is 0 Å². The number of aromatic amines is 1. The third-order valence-corrected chi connectivity index (χ3v) is 6.48. The highest BCUT2D eigenvalue weighted by molar-refractivity contribution is 8.02. The number of ether oxygens (including phenoxy) is 1. The Labute approximate surface area is 177 Å². The van der Waals surface area contributed by atoms with E-state index in [2.05, 4.69) is 20.5 Å². The van der Waals surface area contributed by atoms with Crippen LogP contribution in [0.2, 0.25) is 0 Å². The van der Waals surface area contributed by atoms with Gasteiger partial charge in [0.15, 0.2) is 10.1 Å². The van der Waals surface area contributed by atoms with Crippen molar-refractivity contribution in [3.05, 3.63) is 58.4 Å². The lowest BCUT2D eigenvalue weighted by atomic mass is 10.1. The van der Waals surface area contributed by atoms with Gasteiger partial charge in [-0.1, -0.05) is 53.4 Å². The number of benzene rings is 1. The Bertz CT molecular complexity index is 1010. The highest BCUT2D eigenvalue weighted by Gasteiger charge is 2.26. The number of hydrogen-bond donors (Lipinski definition) is 2. The molecule has 2 aromatic heterocycles. The van der Waals surface area contributed by atoms with E-state index in [-0.39, 0.29) is 11.0 Å². The van der Waals surface area contributed by atoms with Gasteiger partial charge in [0.25, 0.3) is 0 Å². The molecule has 0 saturated heterocycles. The van der Waals surface area contributed by atoms with Crippen molar-refractivity contribution in [1.29, 1.82) is 0 Å². The summed E-state index contributed by atoms with van der Waals surface area (Å²) in [4.78, 5) is 27.9. The van der Waals surface area contributed by atoms with Gasteiger partial charge in [-0.2, -0.15) is 0 Å². The van der Waals surface area contributed by atoms with Crippen molar-refractivity contribution in [2.45, 2.75) is 36.9 Å². The average molecular weight is 431 g/mol. The minimum absolute atomic E-state index is 0.0975. The molecular formula is C20H22N4O3S2. The second-order valence-electron chi connectivity index (χ2n) is 6.45. The van der Waals surface area contributed by atoms with E-state index < -0.39 is 5.97 Å². The minimum Gasteiger partial charge on any atom is -0.465 e. The summed E-state index contributed by atoms with van der Waals surface area (Å²) in [6, 6.07) is 10.0. The molecule has 1 atom stereocenters. The lowest BCUT2D eigenvalue weighted by molar-refractivity contribution is 0.0599. The molecule has 0 aliphatic carbocycles. The number of carbonyl (C=O) groups excluding carboxylic acids is 2. The van der Waals surface area contributed by atoms with E-state index in [1.54, 1.807) is 13.8 Å². The molecule has 0 radical (unpaired) electrons. The second-order valence-corrected chi connectivity index (χ2v) is 9.02. The van der Waals surface area contributed by atoms with Crippen molar-refractivity contribution in [1.82, 2.24) is 15.2 Å². The van der Waals surface area contributed by atoms with Crippen LogP contribution in [0.1, 0.15) is 44.6 Å². The molecule has 152 valence electrons. The Morgan fingerprint density at radius 1 is 1.24 bits per heavy atom. The van der Waals surface area contributed by atoms with Gasteiger partial charge in [-0.05, 0) is 31.9 Å². The summed E-state index contributed by atoms with van der Waals surface area (Å²) >= 11 is 2.75. The summed E-state index contributed by atoms with van der Waals surface area (Å²) in [6.07, 6.45) is 0. The third-order valence-electron chi connectivity index (χ3n) is 4.41. The monoisotopic (exact) mass is 430 g/mol. The van der Waals surface area contributed by atoms with Crippen LogP contribution in [-0.4, -0.2) is 39.3 Å². The molecule has 2 N–H and O–H groups in total. The Hall–Kier alpha value is -2.65. The molecule has 9 heteroatoms. The number of carbonyl (C=O) groups is 2. The minimum atomic E-state index is -0.450. The SMILES string of the molecule is COC(=O)c1c(C)[nH]c(C(=O)[C@@H](C)Sc2nnc(NCc3ccccc3)s2)c1C. The number of hydrogen-bond acceptors (Lipinski definition) is 8. The molecular weight excluding hydrogens is 408 g/mol. The number of H-pyrrole nitrogens is 1. The summed E-state index contributed by atoms with van der Waals surface area (Å²) in [5.74, 6) is -0.548. The first-order valence-corrected chi connectivity index (χ1v) is 10.7. The zero-order valence-electron chi connectivity index (χ0n) is 16.6. The van der Waals surface area contributed by atoms with Crippen LogP contribution in [0, 0.1) is 13.8 Å². The van der Waals surface area contributed by atoms with Gasteiger partial charge in [0.2, 0.25) is 5.13 Å². The maximum Gasteiger partial charge on any atom is 0.339 e. The number of rotatable bonds is 8. The zero-order valence-corrected chi connectivity index (χ0v) is 18.2. The molecule has 0 bridgehead atoms. The lowest BCUT2D eigenvalue weighted by Gasteiger charge is -2.07. The number of nitrogens with one attached hydrogen (secondary N) is 2. The molecule has 0 spiro atoms. The van der Waals surface area contributed by atoms with Gasteiger partial charge in [0.1, 0.15) is 0 Å². The predicted octanol–water partition coefficient (Wildman–Crippen LogP) is 4.25. The number of aryl methyl sites for hydroxylation is 1. The van der Waals surface area contributed by atoms with Gasteiger partial charge >= 0.3 is 5.97 Å². The summed E-state index contributed by atoms with van der Waals surface area (Å²) in [6.45, 7) is 5.98. The van der Waals surface area contributed by atoms with Gasteiger partial charge in [0.05, 0.1) is 23.6 Å². The van der Waals surface area contributed by atoms with Crippen molar-refractivity contribution in [2.24, 2.45) is 0 Å². The first kappa shape index (κ1) is 21.1. The van der Waals surface area contributed by atoms with Crippen molar-refractivity contribution < 1.29 is 14.3 Å². The Morgan fingerprint density at radius 2 is 1.97 bits per heavy atom. The largest absolute Gasteiger partial charge is 0.465 e. The van der Waals surface area contributed by atoms with E-state index in [1.807, 2.05) is 37.3 Å². The molecule has 3 aromatic rings. The molecule has 3 rings (SSSR count). The van der Waals surface area contributed by atoms with Crippen LogP contribution in [0.4, 0.5) is 5.13 Å². The number of aromatic nitrogens is 3. The number of nitrogens with zero attached hydrogens (tertiary/aromatic N) is 2. The standard InChI is InChI=1S/C20H22N4O3S2/c1-11-15(18(26)27-4)12(2)22-16(11)17(25)13(3)28-20-24-23-19(29-20)21-10-14-8-6-5-7-9-14/h5-9,13,22H,10H2,1-4H3,(H,21,23)/t13-/m1/s1. The predicted molar refractivity (Wildman–Crippen MR) is 115 cm³/mol. The topological polar surface area (TPSA) is 97.0 Å². The van der Waals surface area contributed by atoms with Crippen molar-refractivity contribution >= 4 is 40.0 Å². The van der Waals surface area contributed by atoms with Crippen LogP contribution in [0.5, 0.6) is 0 Å². The van der Waals surface area contributed by atoms with E-state index in [4.69, 9.17) is 4.74 Å². The van der Waals surface area contributed by atoms with Crippen LogP contribution in [-0.2, 0) is 11.3 Å². The average Bonchev–Trinajstić information content (AvgIpc) is 3.29. The van der Waals surface area contributed by atoms with Gasteiger partial charge < -0.3 is 15.0 Å². The molecule has 0 aliphatic heterocycles. The van der Waals surface area contributed by atoms with Crippen molar-refractivity contribution in [2.75, 3.05) is 12.4 Å². The quantitative estimate of drug-likeness (QED) is 0.313. The lowest BCUT2D eigenvalue weighted by Crippen LogP contribution is -2.15. The van der Waals surface area contributed by atoms with Crippen LogP contribution >= 0.6 is 23.1 Å². The Kier molecular flexibility index (Phi) is 6.71. The summed E-state index contributed by atoms with van der Waals surface area (Å²) in [5, 5.41) is 11.9. The molecule has 0 aliphatic rings. The maximum absolute atomic E-state index is 12.9. The van der Waals surface area contributed by atoms with Crippen LogP contribution in [0.15, 0.2) is 34.7 Å². The fourth-order valence-electron chi connectivity index (χ4n) is 2.92. The molecule has 0 amide bonds. The maximum atomic E-state index is 12.9. The van der Waals surface area contributed by atoms with E-state index in [0.717, 1.165) is 5.56 Å². The summed E-state index contributed by atoms with van der Waals surface area (Å²) < 4.78 is 5.51. The summed E-state index contributed by atoms with van der Waals surface area (Å²) in [7, 11) is 1.33. The summed E-state index contributed by atoms with van der Waals surface area (Å²) in [5.41, 5.74) is 3.22. The number of esters is 1. The van der Waals surface area contributed by atoms with Gasteiger partial charge in [0, 0.05) is 12.2 Å². The normalized spacial score (nSPS) is 11.9. The molecule has 2 heterocycles. The van der Waals surface area contributed by atoms with Crippen molar-refractivity contribution in [3.63, 3.8) is 0 Å². The first-order valence-electron chi connectivity index (χ1n) is 9.00. The van der Waals surface area contributed by atoms with Gasteiger partial charge in [-0.3, -0.25) is 4.79 Å². The van der Waals surface area contributed by atoms with Gasteiger partial charge in [-0.25, -0.2) is 4.79 Å². The highest BCUT2D eigenvalue weighted by atomic mass is 32.2. The van der Waals surface area contributed by atoms with Gasteiger partial charge in [-0.15, -0.1) is 10.2 Å². The van der Waals surface area contributed by atoms with Crippen LogP contribution in [0.25, 0.3) is 0 Å². The van der Waals surface area contributed by atoms with Crippen LogP contribution < -0.4 is 5.32 Å². The second kappa shape index (κ2) is 9.23. The fourth-order valence-corrected chi connectivity index (χ4v) is 4.87. The van der Waals surface area contributed by atoms with Crippen LogP contribution in [0.3, 0.4) is 0 Å². The van der Waals surface area contributed by atoms with E-state index in [0.29, 0.717) is 38.5 Å². The number of ketones is 1. The highest BCUT2D eigenvalue weighted by Crippen LogP contribution is 2.31. The molecule has 1 aromatic carbocycles. The number of anilines is 1. The molecule has 0 fully saturated rings. The zero-order chi connectivity index (χ0) is 21.0.